The molecule has 1 aliphatic heterocycles. The Balaban J connectivity index is 1.45. The molecule has 1 fully saturated rings. The Morgan fingerprint density at radius 2 is 2.10 bits per heavy atom. The zero-order valence-corrected chi connectivity index (χ0v) is 17.4. The number of benzene rings is 1. The van der Waals surface area contributed by atoms with E-state index in [0.717, 1.165) is 43.0 Å². The van der Waals surface area contributed by atoms with Gasteiger partial charge in [-0.15, -0.1) is 0 Å². The summed E-state index contributed by atoms with van der Waals surface area (Å²) in [5, 5.41) is 3.13. The van der Waals surface area contributed by atoms with Crippen molar-refractivity contribution in [2.45, 2.75) is 19.4 Å². The third-order valence-electron chi connectivity index (χ3n) is 5.37. The summed E-state index contributed by atoms with van der Waals surface area (Å²) in [7, 11) is 1.64. The molecule has 164 valence electrons. The SMILES string of the molecule is COCCOC1CCN(c2ncc(C(=O)Nc3c[nH]c4cc(F)c(F)cc34)cc2C)C1. The van der Waals surface area contributed by atoms with E-state index >= 15 is 0 Å². The Morgan fingerprint density at radius 3 is 2.87 bits per heavy atom. The van der Waals surface area contributed by atoms with Crippen molar-refractivity contribution in [2.24, 2.45) is 0 Å². The first-order valence-corrected chi connectivity index (χ1v) is 10.1. The summed E-state index contributed by atoms with van der Waals surface area (Å²) in [5.74, 6) is -1.48. The van der Waals surface area contributed by atoms with Crippen LogP contribution in [0, 0.1) is 18.6 Å². The number of hydrogen-bond acceptors (Lipinski definition) is 5. The van der Waals surface area contributed by atoms with Crippen LogP contribution < -0.4 is 10.2 Å². The average Bonchev–Trinajstić information content (AvgIpc) is 3.36. The van der Waals surface area contributed by atoms with Crippen molar-refractivity contribution in [1.82, 2.24) is 9.97 Å². The molecule has 1 saturated heterocycles. The van der Waals surface area contributed by atoms with Crippen molar-refractivity contribution in [2.75, 3.05) is 43.6 Å². The molecular formula is C22H24F2N4O3. The van der Waals surface area contributed by atoms with Gasteiger partial charge in [0.1, 0.15) is 5.82 Å². The molecule has 0 radical (unpaired) electrons. The minimum atomic E-state index is -0.973. The molecule has 2 N–H and O–H groups in total. The number of carbonyl (C=O) groups is 1. The number of aromatic amines is 1. The Labute approximate surface area is 178 Å². The first-order valence-electron chi connectivity index (χ1n) is 10.1. The normalized spacial score (nSPS) is 16.3. The highest BCUT2D eigenvalue weighted by Crippen LogP contribution is 2.27. The Hall–Kier alpha value is -3.04. The number of halogens is 2. The van der Waals surface area contributed by atoms with Crippen LogP contribution in [-0.2, 0) is 9.47 Å². The molecule has 0 spiro atoms. The van der Waals surface area contributed by atoms with Gasteiger partial charge < -0.3 is 24.7 Å². The molecular weight excluding hydrogens is 406 g/mol. The van der Waals surface area contributed by atoms with Gasteiger partial charge in [-0.3, -0.25) is 4.79 Å². The number of fused-ring (bicyclic) bond motifs is 1. The summed E-state index contributed by atoms with van der Waals surface area (Å²) >= 11 is 0. The van der Waals surface area contributed by atoms with Gasteiger partial charge >= 0.3 is 0 Å². The smallest absolute Gasteiger partial charge is 0.257 e. The fourth-order valence-electron chi connectivity index (χ4n) is 3.79. The van der Waals surface area contributed by atoms with E-state index < -0.39 is 11.6 Å². The predicted molar refractivity (Wildman–Crippen MR) is 114 cm³/mol. The minimum absolute atomic E-state index is 0.131. The molecule has 2 aromatic heterocycles. The van der Waals surface area contributed by atoms with Crippen LogP contribution in [-0.4, -0.2) is 55.4 Å². The Kier molecular flexibility index (Phi) is 6.15. The summed E-state index contributed by atoms with van der Waals surface area (Å²) in [6.07, 6.45) is 4.06. The highest BCUT2D eigenvalue weighted by atomic mass is 19.2. The third kappa shape index (κ3) is 4.52. The number of rotatable bonds is 7. The molecule has 1 unspecified atom stereocenters. The lowest BCUT2D eigenvalue weighted by Gasteiger charge is -2.20. The van der Waals surface area contributed by atoms with E-state index in [0.29, 0.717) is 35.4 Å². The van der Waals surface area contributed by atoms with E-state index in [2.05, 4.69) is 20.2 Å². The quantitative estimate of drug-likeness (QED) is 0.560. The van der Waals surface area contributed by atoms with Crippen molar-refractivity contribution < 1.29 is 23.0 Å². The Morgan fingerprint density at radius 1 is 1.29 bits per heavy atom. The number of ether oxygens (including phenoxy) is 2. The molecule has 1 aliphatic rings. The van der Waals surface area contributed by atoms with Crippen LogP contribution in [0.4, 0.5) is 20.3 Å². The first-order chi connectivity index (χ1) is 15.0. The number of carbonyl (C=O) groups excluding carboxylic acids is 1. The van der Waals surface area contributed by atoms with Gasteiger partial charge in [0.25, 0.3) is 5.91 Å². The maximum atomic E-state index is 13.6. The number of methoxy groups -OCH3 is 1. The van der Waals surface area contributed by atoms with E-state index in [9.17, 15) is 13.6 Å². The second kappa shape index (κ2) is 8.99. The molecule has 1 aromatic carbocycles. The highest BCUT2D eigenvalue weighted by Gasteiger charge is 2.25. The van der Waals surface area contributed by atoms with Gasteiger partial charge in [-0.25, -0.2) is 13.8 Å². The van der Waals surface area contributed by atoms with Crippen LogP contribution in [0.25, 0.3) is 10.9 Å². The molecule has 3 heterocycles. The molecule has 9 heteroatoms. The molecule has 0 bridgehead atoms. The molecule has 1 atom stereocenters. The van der Waals surface area contributed by atoms with Crippen LogP contribution in [0.5, 0.6) is 0 Å². The maximum Gasteiger partial charge on any atom is 0.257 e. The summed E-state index contributed by atoms with van der Waals surface area (Å²) in [6, 6.07) is 3.89. The van der Waals surface area contributed by atoms with E-state index in [1.165, 1.54) is 12.4 Å². The van der Waals surface area contributed by atoms with Gasteiger partial charge in [0.15, 0.2) is 11.6 Å². The molecule has 7 nitrogen and oxygen atoms in total. The monoisotopic (exact) mass is 430 g/mol. The average molecular weight is 430 g/mol. The van der Waals surface area contributed by atoms with Crippen LogP contribution in [0.2, 0.25) is 0 Å². The third-order valence-corrected chi connectivity index (χ3v) is 5.37. The fourth-order valence-corrected chi connectivity index (χ4v) is 3.79. The van der Waals surface area contributed by atoms with Gasteiger partial charge in [-0.1, -0.05) is 0 Å². The van der Waals surface area contributed by atoms with E-state index in [4.69, 9.17) is 9.47 Å². The van der Waals surface area contributed by atoms with Crippen molar-refractivity contribution in [3.05, 3.63) is 53.4 Å². The first kappa shape index (κ1) is 21.2. The van der Waals surface area contributed by atoms with Gasteiger partial charge in [-0.2, -0.15) is 0 Å². The van der Waals surface area contributed by atoms with Crippen LogP contribution in [0.1, 0.15) is 22.3 Å². The zero-order valence-electron chi connectivity index (χ0n) is 17.4. The minimum Gasteiger partial charge on any atom is -0.382 e. The number of anilines is 2. The zero-order chi connectivity index (χ0) is 22.0. The second-order valence-corrected chi connectivity index (χ2v) is 7.55. The van der Waals surface area contributed by atoms with Gasteiger partial charge in [0, 0.05) is 44.0 Å². The molecule has 1 amide bonds. The summed E-state index contributed by atoms with van der Waals surface area (Å²) in [6.45, 7) is 4.59. The van der Waals surface area contributed by atoms with Crippen molar-refractivity contribution in [3.8, 4) is 0 Å². The van der Waals surface area contributed by atoms with Crippen LogP contribution in [0.3, 0.4) is 0 Å². The topological polar surface area (TPSA) is 79.5 Å². The Bertz CT molecular complexity index is 1100. The van der Waals surface area contributed by atoms with Gasteiger partial charge in [-0.05, 0) is 31.0 Å². The van der Waals surface area contributed by atoms with E-state index in [1.807, 2.05) is 6.92 Å². The van der Waals surface area contributed by atoms with Gasteiger partial charge in [0.05, 0.1) is 36.1 Å². The summed E-state index contributed by atoms with van der Waals surface area (Å²) in [5.41, 5.74) is 2.02. The molecule has 3 aromatic rings. The summed E-state index contributed by atoms with van der Waals surface area (Å²) in [4.78, 5) is 22.2. The largest absolute Gasteiger partial charge is 0.382 e. The van der Waals surface area contributed by atoms with Crippen LogP contribution in [0.15, 0.2) is 30.6 Å². The van der Waals surface area contributed by atoms with E-state index in [1.54, 1.807) is 13.2 Å². The highest BCUT2D eigenvalue weighted by molar-refractivity contribution is 6.09. The molecule has 0 aliphatic carbocycles. The fraction of sp³-hybridized carbons (Fsp3) is 0.364. The van der Waals surface area contributed by atoms with Crippen molar-refractivity contribution in [1.29, 1.82) is 0 Å². The number of nitrogens with zero attached hydrogens (tertiary/aromatic N) is 2. The lowest BCUT2D eigenvalue weighted by atomic mass is 10.1. The number of H-pyrrole nitrogens is 1. The van der Waals surface area contributed by atoms with Crippen molar-refractivity contribution in [3.63, 3.8) is 0 Å². The second-order valence-electron chi connectivity index (χ2n) is 7.55. The van der Waals surface area contributed by atoms with Gasteiger partial charge in [0.2, 0.25) is 0 Å². The molecule has 4 rings (SSSR count). The number of hydrogen-bond donors (Lipinski definition) is 2. The lowest BCUT2D eigenvalue weighted by Crippen LogP contribution is -2.25. The molecule has 31 heavy (non-hydrogen) atoms. The summed E-state index contributed by atoms with van der Waals surface area (Å²) < 4.78 is 37.8. The lowest BCUT2D eigenvalue weighted by molar-refractivity contribution is 0.0280. The van der Waals surface area contributed by atoms with Crippen molar-refractivity contribution >= 4 is 28.3 Å². The van der Waals surface area contributed by atoms with Crippen LogP contribution >= 0.6 is 0 Å². The predicted octanol–water partition coefficient (Wildman–Crippen LogP) is 3.64. The molecule has 0 saturated carbocycles. The number of amides is 1. The number of aromatic nitrogens is 2. The maximum absolute atomic E-state index is 13.6. The number of pyridine rings is 1. The number of aryl methyl sites for hydroxylation is 1. The van der Waals surface area contributed by atoms with E-state index in [-0.39, 0.29) is 12.0 Å². The standard InChI is InChI=1S/C22H24F2N4O3/c1-13-7-14(10-26-21(13)28-4-3-15(12-28)31-6-5-30-2)22(29)27-20-11-25-19-9-18(24)17(23)8-16(19)20/h7-11,15,25H,3-6,12H2,1-2H3,(H,27,29). The number of nitrogens with one attached hydrogen (secondary N) is 2.